The highest BCUT2D eigenvalue weighted by atomic mass is 35.5. The lowest BCUT2D eigenvalue weighted by atomic mass is 9.75. The van der Waals surface area contributed by atoms with Crippen LogP contribution in [0.15, 0.2) is 24.3 Å². The molecule has 2 aliphatic rings. The molecule has 1 aliphatic carbocycles. The van der Waals surface area contributed by atoms with E-state index >= 15 is 0 Å². The summed E-state index contributed by atoms with van der Waals surface area (Å²) in [6, 6.07) is 9.68. The lowest BCUT2D eigenvalue weighted by Crippen LogP contribution is -2.51. The number of rotatable bonds is 3. The van der Waals surface area contributed by atoms with Crippen molar-refractivity contribution in [2.75, 3.05) is 20.1 Å². The number of halogens is 1. The Kier molecular flexibility index (Phi) is 4.11. The molecule has 1 aromatic carbocycles. The van der Waals surface area contributed by atoms with E-state index in [4.69, 9.17) is 11.6 Å². The summed E-state index contributed by atoms with van der Waals surface area (Å²) < 4.78 is 0. The van der Waals surface area contributed by atoms with Gasteiger partial charge < -0.3 is 10.2 Å². The van der Waals surface area contributed by atoms with Gasteiger partial charge in [-0.05, 0) is 56.8 Å². The van der Waals surface area contributed by atoms with Crippen LogP contribution in [0.4, 0.5) is 0 Å². The first-order valence-corrected chi connectivity index (χ1v) is 7.79. The van der Waals surface area contributed by atoms with Crippen LogP contribution in [-0.2, 0) is 0 Å². The number of benzene rings is 1. The molecule has 1 heterocycles. The van der Waals surface area contributed by atoms with Gasteiger partial charge in [0.05, 0.1) is 0 Å². The minimum Gasteiger partial charge on any atom is -0.310 e. The number of hydrogen-bond acceptors (Lipinski definition) is 2. The summed E-state index contributed by atoms with van der Waals surface area (Å²) in [5.74, 6) is 0.660. The molecule has 0 aromatic heterocycles. The highest BCUT2D eigenvalue weighted by Gasteiger charge is 2.33. The van der Waals surface area contributed by atoms with Gasteiger partial charge in [-0.25, -0.2) is 0 Å². The number of nitrogens with one attached hydrogen (secondary N) is 1. The van der Waals surface area contributed by atoms with Crippen LogP contribution in [-0.4, -0.2) is 37.1 Å². The predicted octanol–water partition coefficient (Wildman–Crippen LogP) is 3.27. The number of likely N-dealkylation sites (N-methyl/N-ethyl adjacent to an activating group) is 1. The number of nitrogens with zero attached hydrogens (tertiary/aromatic N) is 1. The van der Waals surface area contributed by atoms with E-state index in [9.17, 15) is 0 Å². The van der Waals surface area contributed by atoms with Gasteiger partial charge in [-0.2, -0.15) is 0 Å². The summed E-state index contributed by atoms with van der Waals surface area (Å²) in [6.45, 7) is 2.46. The Morgan fingerprint density at radius 2 is 2.00 bits per heavy atom. The quantitative estimate of drug-likeness (QED) is 0.913. The van der Waals surface area contributed by atoms with Crippen molar-refractivity contribution >= 4 is 11.6 Å². The summed E-state index contributed by atoms with van der Waals surface area (Å²) in [6.07, 6.45) is 5.14. The van der Waals surface area contributed by atoms with Gasteiger partial charge >= 0.3 is 0 Å². The molecular formula is C16H23ClN2. The molecule has 19 heavy (non-hydrogen) atoms. The second-order valence-electron chi connectivity index (χ2n) is 6.15. The summed E-state index contributed by atoms with van der Waals surface area (Å²) in [5.41, 5.74) is 1.34. The Labute approximate surface area is 121 Å². The normalized spacial score (nSPS) is 32.0. The fourth-order valence-corrected chi connectivity index (χ4v) is 3.74. The van der Waals surface area contributed by atoms with Crippen LogP contribution in [0.3, 0.4) is 0 Å². The molecule has 2 fully saturated rings. The molecule has 3 rings (SSSR count). The first-order chi connectivity index (χ1) is 9.22. The van der Waals surface area contributed by atoms with Crippen molar-refractivity contribution in [2.45, 2.75) is 43.7 Å². The van der Waals surface area contributed by atoms with Crippen molar-refractivity contribution in [1.29, 1.82) is 0 Å². The third-order valence-electron chi connectivity index (χ3n) is 4.58. The van der Waals surface area contributed by atoms with Gasteiger partial charge in [0.2, 0.25) is 0 Å². The highest BCUT2D eigenvalue weighted by Crippen LogP contribution is 2.40. The third kappa shape index (κ3) is 3.13. The molecule has 2 nitrogen and oxygen atoms in total. The molecule has 0 spiro atoms. The maximum Gasteiger partial charge on any atom is 0.0440 e. The second-order valence-corrected chi connectivity index (χ2v) is 6.56. The average molecular weight is 279 g/mol. The van der Waals surface area contributed by atoms with Crippen molar-refractivity contribution in [1.82, 2.24) is 10.2 Å². The monoisotopic (exact) mass is 278 g/mol. The molecule has 1 aromatic rings. The maximum absolute atomic E-state index is 6.26. The SMILES string of the molecule is CN1CCCC(NC2CC(c3ccccc3Cl)C2)C1. The van der Waals surface area contributed by atoms with E-state index < -0.39 is 0 Å². The summed E-state index contributed by atoms with van der Waals surface area (Å²) >= 11 is 6.26. The molecule has 0 amide bonds. The van der Waals surface area contributed by atoms with E-state index in [1.807, 2.05) is 12.1 Å². The summed E-state index contributed by atoms with van der Waals surface area (Å²) in [7, 11) is 2.22. The Morgan fingerprint density at radius 1 is 1.21 bits per heavy atom. The van der Waals surface area contributed by atoms with Crippen molar-refractivity contribution < 1.29 is 0 Å². The number of likely N-dealkylation sites (tertiary alicyclic amines) is 1. The summed E-state index contributed by atoms with van der Waals surface area (Å²) in [5, 5.41) is 4.75. The van der Waals surface area contributed by atoms with Gasteiger partial charge in [0.15, 0.2) is 0 Å². The van der Waals surface area contributed by atoms with Crippen LogP contribution in [0.2, 0.25) is 5.02 Å². The van der Waals surface area contributed by atoms with Gasteiger partial charge in [-0.3, -0.25) is 0 Å². The topological polar surface area (TPSA) is 15.3 Å². The minimum absolute atomic E-state index is 0.660. The van der Waals surface area contributed by atoms with Crippen LogP contribution in [0.1, 0.15) is 37.2 Å². The van der Waals surface area contributed by atoms with Crippen LogP contribution in [0.5, 0.6) is 0 Å². The first-order valence-electron chi connectivity index (χ1n) is 7.41. The van der Waals surface area contributed by atoms with Crippen molar-refractivity contribution in [3.05, 3.63) is 34.9 Å². The fraction of sp³-hybridized carbons (Fsp3) is 0.625. The maximum atomic E-state index is 6.26. The van der Waals surface area contributed by atoms with Crippen molar-refractivity contribution in [2.24, 2.45) is 0 Å². The van der Waals surface area contributed by atoms with Crippen LogP contribution in [0, 0.1) is 0 Å². The molecule has 1 atom stereocenters. The van der Waals surface area contributed by atoms with Crippen LogP contribution >= 0.6 is 11.6 Å². The van der Waals surface area contributed by atoms with E-state index in [1.54, 1.807) is 0 Å². The zero-order chi connectivity index (χ0) is 13.2. The Morgan fingerprint density at radius 3 is 2.74 bits per heavy atom. The van der Waals surface area contributed by atoms with Gasteiger partial charge in [0, 0.05) is 23.7 Å². The molecule has 0 bridgehead atoms. The number of piperidine rings is 1. The predicted molar refractivity (Wildman–Crippen MR) is 80.9 cm³/mol. The van der Waals surface area contributed by atoms with E-state index in [2.05, 4.69) is 29.4 Å². The molecule has 3 heteroatoms. The van der Waals surface area contributed by atoms with Crippen LogP contribution in [0.25, 0.3) is 0 Å². The zero-order valence-corrected chi connectivity index (χ0v) is 12.4. The van der Waals surface area contributed by atoms with Crippen molar-refractivity contribution in [3.63, 3.8) is 0 Å². The lowest BCUT2D eigenvalue weighted by molar-refractivity contribution is 0.185. The number of hydrogen-bond donors (Lipinski definition) is 1. The largest absolute Gasteiger partial charge is 0.310 e. The minimum atomic E-state index is 0.660. The van der Waals surface area contributed by atoms with E-state index in [0.29, 0.717) is 18.0 Å². The van der Waals surface area contributed by atoms with Gasteiger partial charge in [-0.1, -0.05) is 29.8 Å². The fourth-order valence-electron chi connectivity index (χ4n) is 3.45. The molecule has 104 valence electrons. The Bertz CT molecular complexity index is 429. The standard InChI is InChI=1S/C16H23ClN2/c1-19-8-4-5-13(11-19)18-14-9-12(10-14)15-6-2-3-7-16(15)17/h2-3,6-7,12-14,18H,4-5,8-11H2,1H3. The lowest BCUT2D eigenvalue weighted by Gasteiger charge is -2.41. The Balaban J connectivity index is 1.49. The molecular weight excluding hydrogens is 256 g/mol. The molecule has 1 unspecified atom stereocenters. The molecule has 1 saturated heterocycles. The van der Waals surface area contributed by atoms with Crippen LogP contribution < -0.4 is 5.32 Å². The molecule has 1 aliphatic heterocycles. The van der Waals surface area contributed by atoms with Gasteiger partial charge in [0.1, 0.15) is 0 Å². The molecule has 1 saturated carbocycles. The van der Waals surface area contributed by atoms with E-state index in [0.717, 1.165) is 5.02 Å². The highest BCUT2D eigenvalue weighted by molar-refractivity contribution is 6.31. The van der Waals surface area contributed by atoms with Gasteiger partial charge in [-0.15, -0.1) is 0 Å². The average Bonchev–Trinajstić information content (AvgIpc) is 2.35. The smallest absolute Gasteiger partial charge is 0.0440 e. The zero-order valence-electron chi connectivity index (χ0n) is 11.6. The third-order valence-corrected chi connectivity index (χ3v) is 4.92. The second kappa shape index (κ2) is 5.82. The molecule has 1 N–H and O–H groups in total. The van der Waals surface area contributed by atoms with Gasteiger partial charge in [0.25, 0.3) is 0 Å². The van der Waals surface area contributed by atoms with E-state index in [1.165, 1.54) is 44.3 Å². The van der Waals surface area contributed by atoms with Crippen molar-refractivity contribution in [3.8, 4) is 0 Å². The first kappa shape index (κ1) is 13.4. The Hall–Kier alpha value is -0.570. The van der Waals surface area contributed by atoms with E-state index in [-0.39, 0.29) is 0 Å². The summed E-state index contributed by atoms with van der Waals surface area (Å²) in [4.78, 5) is 2.44. The molecule has 0 radical (unpaired) electrons.